The number of hydrogen-bond donors (Lipinski definition) is 3. The van der Waals surface area contributed by atoms with Crippen molar-refractivity contribution in [3.05, 3.63) is 70.8 Å². The molecule has 0 saturated carbocycles. The van der Waals surface area contributed by atoms with Gasteiger partial charge in [-0.05, 0) is 48.1 Å². The summed E-state index contributed by atoms with van der Waals surface area (Å²) in [6.45, 7) is 5.23. The van der Waals surface area contributed by atoms with Gasteiger partial charge in [0, 0.05) is 38.8 Å². The SMILES string of the molecule is CCCN1CCN(CC(=O)N[C@@H](Cc2cc(F)cc(F)c2)[C@@H](O)CNCc2cccc(CC)c2)C(=O)C1=O. The van der Waals surface area contributed by atoms with Gasteiger partial charge >= 0.3 is 11.8 Å². The first-order chi connectivity index (χ1) is 18.2. The summed E-state index contributed by atoms with van der Waals surface area (Å²) in [5, 5.41) is 16.8. The van der Waals surface area contributed by atoms with E-state index in [2.05, 4.69) is 23.6 Å². The normalized spacial score (nSPS) is 15.5. The Balaban J connectivity index is 1.65. The van der Waals surface area contributed by atoms with Crippen LogP contribution in [0.4, 0.5) is 8.78 Å². The Kier molecular flexibility index (Phi) is 10.7. The van der Waals surface area contributed by atoms with Gasteiger partial charge in [0.1, 0.15) is 18.2 Å². The molecule has 38 heavy (non-hydrogen) atoms. The van der Waals surface area contributed by atoms with Crippen molar-refractivity contribution in [3.8, 4) is 0 Å². The van der Waals surface area contributed by atoms with Gasteiger partial charge in [-0.2, -0.15) is 0 Å². The largest absolute Gasteiger partial charge is 0.390 e. The molecular weight excluding hydrogens is 494 g/mol. The minimum Gasteiger partial charge on any atom is -0.390 e. The molecule has 0 bridgehead atoms. The predicted octanol–water partition coefficient (Wildman–Crippen LogP) is 1.79. The van der Waals surface area contributed by atoms with E-state index in [0.29, 0.717) is 19.6 Å². The monoisotopic (exact) mass is 530 g/mol. The van der Waals surface area contributed by atoms with Crippen molar-refractivity contribution >= 4 is 17.7 Å². The lowest BCUT2D eigenvalue weighted by molar-refractivity contribution is -0.157. The lowest BCUT2D eigenvalue weighted by Gasteiger charge is -2.33. The number of aliphatic hydroxyl groups excluding tert-OH is 1. The number of rotatable bonds is 13. The smallest absolute Gasteiger partial charge is 0.312 e. The Hall–Kier alpha value is -3.37. The van der Waals surface area contributed by atoms with E-state index < -0.39 is 41.5 Å². The van der Waals surface area contributed by atoms with Gasteiger partial charge in [0.25, 0.3) is 0 Å². The zero-order valence-corrected chi connectivity index (χ0v) is 21.9. The number of aliphatic hydroxyl groups is 1. The van der Waals surface area contributed by atoms with Crippen LogP contribution >= 0.6 is 0 Å². The number of aryl methyl sites for hydroxylation is 1. The number of benzene rings is 2. The Morgan fingerprint density at radius 1 is 0.974 bits per heavy atom. The third-order valence-corrected chi connectivity index (χ3v) is 6.50. The van der Waals surface area contributed by atoms with E-state index in [-0.39, 0.29) is 31.6 Å². The van der Waals surface area contributed by atoms with Crippen LogP contribution in [0.25, 0.3) is 0 Å². The molecule has 2 aromatic rings. The molecule has 0 unspecified atom stereocenters. The van der Waals surface area contributed by atoms with Crippen molar-refractivity contribution < 1.29 is 28.3 Å². The molecule has 0 aromatic heterocycles. The number of hydrogen-bond acceptors (Lipinski definition) is 5. The van der Waals surface area contributed by atoms with Crippen LogP contribution < -0.4 is 10.6 Å². The van der Waals surface area contributed by atoms with E-state index in [1.807, 2.05) is 25.1 Å². The van der Waals surface area contributed by atoms with Crippen LogP contribution in [0.1, 0.15) is 37.0 Å². The van der Waals surface area contributed by atoms with E-state index >= 15 is 0 Å². The molecule has 0 radical (unpaired) electrons. The van der Waals surface area contributed by atoms with E-state index in [4.69, 9.17) is 0 Å². The van der Waals surface area contributed by atoms with Gasteiger partial charge in [0.15, 0.2) is 0 Å². The van der Waals surface area contributed by atoms with Gasteiger partial charge in [-0.25, -0.2) is 8.78 Å². The van der Waals surface area contributed by atoms with Gasteiger partial charge in [-0.15, -0.1) is 0 Å². The molecule has 0 spiro atoms. The summed E-state index contributed by atoms with van der Waals surface area (Å²) in [7, 11) is 0. The summed E-state index contributed by atoms with van der Waals surface area (Å²) in [5.74, 6) is -3.49. The summed E-state index contributed by atoms with van der Waals surface area (Å²) < 4.78 is 27.6. The minimum absolute atomic E-state index is 0.0360. The van der Waals surface area contributed by atoms with Crippen LogP contribution in [-0.4, -0.2) is 77.5 Å². The van der Waals surface area contributed by atoms with Crippen LogP contribution in [0.5, 0.6) is 0 Å². The molecule has 1 fully saturated rings. The van der Waals surface area contributed by atoms with E-state index in [1.54, 1.807) is 0 Å². The quantitative estimate of drug-likeness (QED) is 0.343. The average Bonchev–Trinajstić information content (AvgIpc) is 2.87. The van der Waals surface area contributed by atoms with Crippen molar-refractivity contribution in [2.45, 2.75) is 51.8 Å². The summed E-state index contributed by atoms with van der Waals surface area (Å²) in [4.78, 5) is 40.3. The molecule has 2 aromatic carbocycles. The fraction of sp³-hybridized carbons (Fsp3) is 0.464. The Bertz CT molecular complexity index is 1110. The third kappa shape index (κ3) is 8.32. The van der Waals surface area contributed by atoms with Gasteiger partial charge in [0.05, 0.1) is 12.1 Å². The van der Waals surface area contributed by atoms with Crippen LogP contribution in [-0.2, 0) is 33.8 Å². The highest BCUT2D eigenvalue weighted by Crippen LogP contribution is 2.13. The lowest BCUT2D eigenvalue weighted by Crippen LogP contribution is -2.57. The fourth-order valence-electron chi connectivity index (χ4n) is 4.51. The van der Waals surface area contributed by atoms with Crippen LogP contribution in [0, 0.1) is 11.6 Å². The molecule has 206 valence electrons. The van der Waals surface area contributed by atoms with Crippen LogP contribution in [0.15, 0.2) is 42.5 Å². The molecule has 3 amide bonds. The number of halogens is 2. The maximum Gasteiger partial charge on any atom is 0.312 e. The van der Waals surface area contributed by atoms with Gasteiger partial charge in [-0.3, -0.25) is 14.4 Å². The molecule has 3 rings (SSSR count). The highest BCUT2D eigenvalue weighted by molar-refractivity contribution is 6.35. The first kappa shape index (κ1) is 29.2. The van der Waals surface area contributed by atoms with Crippen LogP contribution in [0.2, 0.25) is 0 Å². The molecule has 1 aliphatic heterocycles. The number of nitrogens with one attached hydrogen (secondary N) is 2. The number of amides is 3. The number of carbonyl (C=O) groups excluding carboxylic acids is 3. The number of nitrogens with zero attached hydrogens (tertiary/aromatic N) is 2. The molecule has 3 N–H and O–H groups in total. The second kappa shape index (κ2) is 14.0. The van der Waals surface area contributed by atoms with Gasteiger partial charge in [-0.1, -0.05) is 38.1 Å². The van der Waals surface area contributed by atoms with E-state index in [9.17, 15) is 28.3 Å². The summed E-state index contributed by atoms with van der Waals surface area (Å²) in [6.07, 6.45) is 0.485. The third-order valence-electron chi connectivity index (χ3n) is 6.50. The zero-order chi connectivity index (χ0) is 27.7. The molecule has 1 saturated heterocycles. The lowest BCUT2D eigenvalue weighted by atomic mass is 10.0. The second-order valence-corrected chi connectivity index (χ2v) is 9.55. The van der Waals surface area contributed by atoms with Gasteiger partial charge in [0.2, 0.25) is 5.91 Å². The van der Waals surface area contributed by atoms with Crippen molar-refractivity contribution in [1.29, 1.82) is 0 Å². The first-order valence-corrected chi connectivity index (χ1v) is 13.0. The van der Waals surface area contributed by atoms with E-state index in [1.165, 1.54) is 15.4 Å². The minimum atomic E-state index is -1.10. The second-order valence-electron chi connectivity index (χ2n) is 9.55. The van der Waals surface area contributed by atoms with E-state index in [0.717, 1.165) is 36.6 Å². The van der Waals surface area contributed by atoms with Gasteiger partial charge < -0.3 is 25.5 Å². The summed E-state index contributed by atoms with van der Waals surface area (Å²) in [5.41, 5.74) is 2.49. The Labute approximate surface area is 222 Å². The van der Waals surface area contributed by atoms with Crippen molar-refractivity contribution in [2.75, 3.05) is 32.7 Å². The Morgan fingerprint density at radius 3 is 2.32 bits per heavy atom. The maximum atomic E-state index is 13.8. The van der Waals surface area contributed by atoms with Crippen LogP contribution in [0.3, 0.4) is 0 Å². The molecule has 0 aliphatic carbocycles. The molecule has 8 nitrogen and oxygen atoms in total. The maximum absolute atomic E-state index is 13.8. The zero-order valence-electron chi connectivity index (χ0n) is 21.9. The first-order valence-electron chi connectivity index (χ1n) is 13.0. The summed E-state index contributed by atoms with van der Waals surface area (Å²) in [6, 6.07) is 10.2. The highest BCUT2D eigenvalue weighted by atomic mass is 19.1. The predicted molar refractivity (Wildman–Crippen MR) is 139 cm³/mol. The van der Waals surface area contributed by atoms with Crippen molar-refractivity contribution in [1.82, 2.24) is 20.4 Å². The number of carbonyl (C=O) groups is 3. The summed E-state index contributed by atoms with van der Waals surface area (Å²) >= 11 is 0. The number of piperazine rings is 1. The molecule has 2 atom stereocenters. The molecule has 1 aliphatic rings. The Morgan fingerprint density at radius 2 is 1.63 bits per heavy atom. The molecule has 1 heterocycles. The van der Waals surface area contributed by atoms with Crippen molar-refractivity contribution in [2.24, 2.45) is 0 Å². The average molecular weight is 531 g/mol. The van der Waals surface area contributed by atoms with Crippen molar-refractivity contribution in [3.63, 3.8) is 0 Å². The molecular formula is C28H36F2N4O4. The standard InChI is InChI=1S/C28H36F2N4O4/c1-3-8-33-9-10-34(28(38)27(33)37)18-26(36)32-24(14-21-12-22(29)15-23(30)13-21)25(35)17-31-16-20-7-5-6-19(4-2)11-20/h5-7,11-13,15,24-25,31,35H,3-4,8-10,14,16-18H2,1-2H3,(H,32,36)/t24-,25-/m0/s1. The molecule has 10 heteroatoms. The highest BCUT2D eigenvalue weighted by Gasteiger charge is 2.33. The topological polar surface area (TPSA) is 102 Å². The fourth-order valence-corrected chi connectivity index (χ4v) is 4.51.